The lowest BCUT2D eigenvalue weighted by Crippen LogP contribution is -2.15. The molecule has 1 aromatic heterocycles. The van der Waals surface area contributed by atoms with Crippen LogP contribution in [0, 0.1) is 0 Å². The van der Waals surface area contributed by atoms with E-state index in [4.69, 9.17) is 10.2 Å². The van der Waals surface area contributed by atoms with Crippen molar-refractivity contribution in [3.8, 4) is 0 Å². The van der Waals surface area contributed by atoms with Crippen LogP contribution in [0.2, 0.25) is 0 Å². The number of aromatic nitrogens is 1. The van der Waals surface area contributed by atoms with E-state index in [1.54, 1.807) is 4.57 Å². The van der Waals surface area contributed by atoms with Crippen molar-refractivity contribution < 1.29 is 4.42 Å². The first-order valence-electron chi connectivity index (χ1n) is 5.65. The van der Waals surface area contributed by atoms with Gasteiger partial charge in [-0.25, -0.2) is 4.79 Å². The highest BCUT2D eigenvalue weighted by Crippen LogP contribution is 2.19. The van der Waals surface area contributed by atoms with E-state index in [9.17, 15) is 4.79 Å². The third kappa shape index (κ3) is 2.17. The van der Waals surface area contributed by atoms with Crippen LogP contribution in [0.1, 0.15) is 25.5 Å². The fraction of sp³-hybridized carbons (Fsp3) is 0.308. The smallest absolute Gasteiger partial charge is 0.408 e. The Kier molecular flexibility index (Phi) is 3.15. The van der Waals surface area contributed by atoms with Gasteiger partial charge in [0.25, 0.3) is 0 Å². The molecule has 1 aromatic carbocycles. The van der Waals surface area contributed by atoms with Crippen molar-refractivity contribution in [2.75, 3.05) is 6.54 Å². The van der Waals surface area contributed by atoms with E-state index < -0.39 is 0 Å². The van der Waals surface area contributed by atoms with Crippen LogP contribution in [0.3, 0.4) is 0 Å². The van der Waals surface area contributed by atoms with Crippen molar-refractivity contribution in [3.05, 3.63) is 40.4 Å². The van der Waals surface area contributed by atoms with Gasteiger partial charge in [0.2, 0.25) is 0 Å². The van der Waals surface area contributed by atoms with Gasteiger partial charge in [-0.05, 0) is 31.5 Å². The summed E-state index contributed by atoms with van der Waals surface area (Å²) >= 11 is 0. The molecule has 0 unspecified atom stereocenters. The molecule has 0 saturated heterocycles. The quantitative estimate of drug-likeness (QED) is 0.882. The lowest BCUT2D eigenvalue weighted by Gasteiger charge is -2.05. The lowest BCUT2D eigenvalue weighted by atomic mass is 10.2. The van der Waals surface area contributed by atoms with Gasteiger partial charge in [0, 0.05) is 12.6 Å². The zero-order valence-electron chi connectivity index (χ0n) is 10.0. The highest BCUT2D eigenvalue weighted by atomic mass is 16.4. The van der Waals surface area contributed by atoms with Gasteiger partial charge < -0.3 is 10.2 Å². The van der Waals surface area contributed by atoms with Gasteiger partial charge in [-0.1, -0.05) is 18.2 Å². The summed E-state index contributed by atoms with van der Waals surface area (Å²) in [4.78, 5) is 11.7. The average molecular weight is 232 g/mol. The molecule has 0 aliphatic carbocycles. The molecular weight excluding hydrogens is 216 g/mol. The first kappa shape index (κ1) is 11.7. The van der Waals surface area contributed by atoms with Crippen LogP contribution in [0.15, 0.2) is 33.5 Å². The van der Waals surface area contributed by atoms with Gasteiger partial charge in [-0.2, -0.15) is 0 Å². The van der Waals surface area contributed by atoms with E-state index in [2.05, 4.69) is 0 Å². The molecule has 0 fully saturated rings. The maximum absolute atomic E-state index is 11.7. The minimum absolute atomic E-state index is 0.0810. The number of nitrogens with two attached hydrogens (primary N) is 1. The van der Waals surface area contributed by atoms with Gasteiger partial charge >= 0.3 is 5.76 Å². The van der Waals surface area contributed by atoms with E-state index in [1.807, 2.05) is 44.2 Å². The molecule has 2 N–H and O–H groups in total. The van der Waals surface area contributed by atoms with Crippen molar-refractivity contribution in [3.63, 3.8) is 0 Å². The molecule has 0 aliphatic heterocycles. The van der Waals surface area contributed by atoms with Crippen LogP contribution in [0.5, 0.6) is 0 Å². The number of oxazole rings is 1. The summed E-state index contributed by atoms with van der Waals surface area (Å²) in [7, 11) is 0. The second-order valence-corrected chi connectivity index (χ2v) is 4.20. The molecule has 0 aliphatic rings. The van der Waals surface area contributed by atoms with E-state index in [1.165, 1.54) is 0 Å². The van der Waals surface area contributed by atoms with Crippen molar-refractivity contribution in [1.82, 2.24) is 4.57 Å². The summed E-state index contributed by atoms with van der Waals surface area (Å²) in [6.07, 6.45) is 3.81. The Labute approximate surface area is 99.3 Å². The van der Waals surface area contributed by atoms with Crippen LogP contribution >= 0.6 is 0 Å². The Hall–Kier alpha value is -1.81. The van der Waals surface area contributed by atoms with E-state index in [0.29, 0.717) is 12.1 Å². The molecule has 1 heterocycles. The second-order valence-electron chi connectivity index (χ2n) is 4.20. The van der Waals surface area contributed by atoms with Gasteiger partial charge in [0.05, 0.1) is 5.52 Å². The predicted octanol–water partition coefficient (Wildman–Crippen LogP) is 2.15. The maximum Gasteiger partial charge on any atom is 0.420 e. The summed E-state index contributed by atoms with van der Waals surface area (Å²) in [6.45, 7) is 4.41. The molecule has 2 rings (SSSR count). The summed E-state index contributed by atoms with van der Waals surface area (Å²) < 4.78 is 6.83. The number of rotatable bonds is 3. The number of fused-ring (bicyclic) bond motifs is 1. The molecule has 90 valence electrons. The zero-order chi connectivity index (χ0) is 12.4. The SMILES string of the molecule is CC(C)n1c(=O)oc2ccc(/C=C/CN)cc21. The highest BCUT2D eigenvalue weighted by Gasteiger charge is 2.11. The molecule has 17 heavy (non-hydrogen) atoms. The maximum atomic E-state index is 11.7. The van der Waals surface area contributed by atoms with Crippen LogP contribution < -0.4 is 11.5 Å². The summed E-state index contributed by atoms with van der Waals surface area (Å²) in [5, 5.41) is 0. The van der Waals surface area contributed by atoms with Gasteiger partial charge in [0.1, 0.15) is 0 Å². The lowest BCUT2D eigenvalue weighted by molar-refractivity contribution is 0.478. The summed E-state index contributed by atoms with van der Waals surface area (Å²) in [6, 6.07) is 5.73. The Morgan fingerprint density at radius 3 is 2.88 bits per heavy atom. The Morgan fingerprint density at radius 1 is 1.47 bits per heavy atom. The van der Waals surface area contributed by atoms with Crippen LogP contribution in [0.4, 0.5) is 0 Å². The van der Waals surface area contributed by atoms with Crippen LogP contribution in [0.25, 0.3) is 17.2 Å². The number of nitrogens with zero attached hydrogens (tertiary/aromatic N) is 1. The van der Waals surface area contributed by atoms with Crippen molar-refractivity contribution in [1.29, 1.82) is 0 Å². The third-order valence-corrected chi connectivity index (χ3v) is 2.60. The molecule has 0 amide bonds. The van der Waals surface area contributed by atoms with E-state index >= 15 is 0 Å². The van der Waals surface area contributed by atoms with Gasteiger partial charge in [0.15, 0.2) is 5.58 Å². The predicted molar refractivity (Wildman–Crippen MR) is 68.9 cm³/mol. The van der Waals surface area contributed by atoms with Crippen molar-refractivity contribution in [2.45, 2.75) is 19.9 Å². The molecule has 4 heteroatoms. The number of hydrogen-bond donors (Lipinski definition) is 1. The summed E-state index contributed by atoms with van der Waals surface area (Å²) in [5.41, 5.74) is 7.87. The standard InChI is InChI=1S/C13H16N2O2/c1-9(2)15-11-8-10(4-3-7-14)5-6-12(11)17-13(15)16/h3-6,8-9H,7,14H2,1-2H3/b4-3+. The topological polar surface area (TPSA) is 61.2 Å². The van der Waals surface area contributed by atoms with Crippen molar-refractivity contribution in [2.24, 2.45) is 5.73 Å². The minimum atomic E-state index is -0.310. The average Bonchev–Trinajstić information content (AvgIpc) is 2.61. The Morgan fingerprint density at radius 2 is 2.24 bits per heavy atom. The van der Waals surface area contributed by atoms with E-state index in [0.717, 1.165) is 11.1 Å². The molecule has 0 radical (unpaired) electrons. The van der Waals surface area contributed by atoms with Crippen LogP contribution in [-0.4, -0.2) is 11.1 Å². The van der Waals surface area contributed by atoms with Gasteiger partial charge in [-0.15, -0.1) is 0 Å². The fourth-order valence-electron chi connectivity index (χ4n) is 1.85. The van der Waals surface area contributed by atoms with Crippen molar-refractivity contribution >= 4 is 17.2 Å². The molecule has 4 nitrogen and oxygen atoms in total. The highest BCUT2D eigenvalue weighted by molar-refractivity contribution is 5.76. The van der Waals surface area contributed by atoms with Gasteiger partial charge in [-0.3, -0.25) is 4.57 Å². The number of benzene rings is 1. The molecule has 2 aromatic rings. The molecule has 0 saturated carbocycles. The molecular formula is C13H16N2O2. The second kappa shape index (κ2) is 4.59. The first-order valence-corrected chi connectivity index (χ1v) is 5.65. The largest absolute Gasteiger partial charge is 0.420 e. The third-order valence-electron chi connectivity index (χ3n) is 2.60. The summed E-state index contributed by atoms with van der Waals surface area (Å²) in [5.74, 6) is -0.310. The Balaban J connectivity index is 2.62. The van der Waals surface area contributed by atoms with Crippen LogP contribution in [-0.2, 0) is 0 Å². The monoisotopic (exact) mass is 232 g/mol. The first-order chi connectivity index (χ1) is 8.13. The molecule has 0 spiro atoms. The fourth-order valence-corrected chi connectivity index (χ4v) is 1.85. The normalized spacial score (nSPS) is 12.0. The molecule has 0 bridgehead atoms. The molecule has 0 atom stereocenters. The van der Waals surface area contributed by atoms with E-state index in [-0.39, 0.29) is 11.8 Å². The number of hydrogen-bond acceptors (Lipinski definition) is 3. The zero-order valence-corrected chi connectivity index (χ0v) is 10.0. The minimum Gasteiger partial charge on any atom is -0.408 e. The Bertz CT molecular complexity index is 605.